The topological polar surface area (TPSA) is 90.4 Å². The smallest absolute Gasteiger partial charge is 0.232 e. The van der Waals surface area contributed by atoms with Crippen molar-refractivity contribution >= 4 is 17.6 Å². The SMILES string of the molecule is CCOc1ccc(Nc2nc(N)nc(C[NH+]3C[C@@H](C)C[C@H](C)C3)n2)cc1. The van der Waals surface area contributed by atoms with E-state index in [1.165, 1.54) is 11.3 Å². The molecule has 1 aromatic carbocycles. The number of benzene rings is 1. The molecule has 0 aliphatic carbocycles. The van der Waals surface area contributed by atoms with Gasteiger partial charge in [-0.05, 0) is 37.6 Å². The van der Waals surface area contributed by atoms with Crippen LogP contribution in [0.4, 0.5) is 17.6 Å². The lowest BCUT2D eigenvalue weighted by Crippen LogP contribution is -3.13. The number of nitrogens with two attached hydrogens (primary N) is 1. The fraction of sp³-hybridized carbons (Fsp3) is 0.526. The largest absolute Gasteiger partial charge is 0.494 e. The first-order chi connectivity index (χ1) is 12.5. The van der Waals surface area contributed by atoms with Gasteiger partial charge in [-0.2, -0.15) is 15.0 Å². The lowest BCUT2D eigenvalue weighted by molar-refractivity contribution is -0.926. The van der Waals surface area contributed by atoms with Gasteiger partial charge in [-0.3, -0.25) is 0 Å². The van der Waals surface area contributed by atoms with E-state index in [-0.39, 0.29) is 5.95 Å². The van der Waals surface area contributed by atoms with Crippen LogP contribution in [0.15, 0.2) is 24.3 Å². The average molecular weight is 357 g/mol. The van der Waals surface area contributed by atoms with Crippen molar-refractivity contribution in [2.75, 3.05) is 30.7 Å². The van der Waals surface area contributed by atoms with Gasteiger partial charge in [0.05, 0.1) is 19.7 Å². The van der Waals surface area contributed by atoms with Crippen LogP contribution < -0.4 is 20.7 Å². The lowest BCUT2D eigenvalue weighted by atomic mass is 9.92. The number of ether oxygens (including phenoxy) is 1. The first-order valence-corrected chi connectivity index (χ1v) is 9.35. The molecule has 7 nitrogen and oxygen atoms in total. The molecule has 1 fully saturated rings. The standard InChI is InChI=1S/C19H28N6O/c1-4-26-16-7-5-15(6-8-16)21-19-23-17(22-18(20)24-19)12-25-10-13(2)9-14(3)11-25/h5-8,13-14H,4,9-12H2,1-3H3,(H3,20,21,22,23,24)/p+1/t13-,14-/m0/s1. The lowest BCUT2D eigenvalue weighted by Gasteiger charge is -2.31. The highest BCUT2D eigenvalue weighted by molar-refractivity contribution is 5.55. The molecule has 2 aromatic rings. The van der Waals surface area contributed by atoms with Crippen molar-refractivity contribution in [3.63, 3.8) is 0 Å². The van der Waals surface area contributed by atoms with E-state index >= 15 is 0 Å². The minimum Gasteiger partial charge on any atom is -0.494 e. The molecule has 1 aliphatic rings. The Morgan fingerprint density at radius 3 is 2.46 bits per heavy atom. The van der Waals surface area contributed by atoms with Crippen LogP contribution in [0, 0.1) is 11.8 Å². The van der Waals surface area contributed by atoms with Gasteiger partial charge in [-0.25, -0.2) is 0 Å². The monoisotopic (exact) mass is 357 g/mol. The van der Waals surface area contributed by atoms with Crippen molar-refractivity contribution in [1.29, 1.82) is 0 Å². The molecule has 0 radical (unpaired) electrons. The fourth-order valence-corrected chi connectivity index (χ4v) is 3.79. The molecule has 0 amide bonds. The summed E-state index contributed by atoms with van der Waals surface area (Å²) in [5, 5.41) is 3.20. The number of quaternary nitrogens is 1. The van der Waals surface area contributed by atoms with Crippen LogP contribution in [-0.4, -0.2) is 34.6 Å². The zero-order chi connectivity index (χ0) is 18.5. The van der Waals surface area contributed by atoms with E-state index in [0.29, 0.717) is 12.6 Å². The van der Waals surface area contributed by atoms with Crippen LogP contribution in [0.2, 0.25) is 0 Å². The van der Waals surface area contributed by atoms with Crippen LogP contribution in [0.1, 0.15) is 33.0 Å². The average Bonchev–Trinajstić information content (AvgIpc) is 2.55. The number of nitrogen functional groups attached to an aromatic ring is 1. The van der Waals surface area contributed by atoms with Gasteiger partial charge < -0.3 is 20.7 Å². The predicted octanol–water partition coefficient (Wildman–Crippen LogP) is 1.66. The maximum absolute atomic E-state index is 5.90. The molecule has 1 aliphatic heterocycles. The van der Waals surface area contributed by atoms with Crippen LogP contribution >= 0.6 is 0 Å². The molecule has 3 rings (SSSR count). The molecule has 1 aromatic heterocycles. The molecule has 7 heteroatoms. The van der Waals surface area contributed by atoms with Crippen molar-refractivity contribution in [3.05, 3.63) is 30.1 Å². The maximum Gasteiger partial charge on any atom is 0.232 e. The Morgan fingerprint density at radius 1 is 1.12 bits per heavy atom. The van der Waals surface area contributed by atoms with Crippen molar-refractivity contribution in [1.82, 2.24) is 15.0 Å². The Hall–Kier alpha value is -2.41. The molecule has 0 bridgehead atoms. The van der Waals surface area contributed by atoms with Gasteiger partial charge in [0, 0.05) is 17.5 Å². The number of hydrogen-bond acceptors (Lipinski definition) is 6. The number of nitrogens with one attached hydrogen (secondary N) is 2. The summed E-state index contributed by atoms with van der Waals surface area (Å²) in [6, 6.07) is 7.70. The molecule has 0 unspecified atom stereocenters. The third-order valence-electron chi connectivity index (χ3n) is 4.61. The fourth-order valence-electron chi connectivity index (χ4n) is 3.79. The number of hydrogen-bond donors (Lipinski definition) is 3. The number of nitrogens with zero attached hydrogens (tertiary/aromatic N) is 3. The first-order valence-electron chi connectivity index (χ1n) is 9.35. The molecule has 1 saturated heterocycles. The third-order valence-corrected chi connectivity index (χ3v) is 4.61. The predicted molar refractivity (Wildman–Crippen MR) is 102 cm³/mol. The van der Waals surface area contributed by atoms with E-state index in [4.69, 9.17) is 10.5 Å². The Morgan fingerprint density at radius 2 is 1.81 bits per heavy atom. The van der Waals surface area contributed by atoms with Gasteiger partial charge in [-0.1, -0.05) is 13.8 Å². The summed E-state index contributed by atoms with van der Waals surface area (Å²) >= 11 is 0. The molecule has 140 valence electrons. The van der Waals surface area contributed by atoms with Crippen LogP contribution in [0.25, 0.3) is 0 Å². The van der Waals surface area contributed by atoms with Gasteiger partial charge in [0.1, 0.15) is 12.3 Å². The van der Waals surface area contributed by atoms with Crippen molar-refractivity contribution < 1.29 is 9.64 Å². The van der Waals surface area contributed by atoms with E-state index in [0.717, 1.165) is 48.7 Å². The van der Waals surface area contributed by atoms with Crippen LogP contribution in [-0.2, 0) is 6.54 Å². The zero-order valence-electron chi connectivity index (χ0n) is 15.8. The second-order valence-corrected chi connectivity index (χ2v) is 7.30. The Balaban J connectivity index is 1.69. The number of likely N-dealkylation sites (tertiary alicyclic amines) is 1. The minimum atomic E-state index is 0.251. The number of anilines is 3. The zero-order valence-corrected chi connectivity index (χ0v) is 15.8. The molecular formula is C19H29N6O+. The van der Waals surface area contributed by atoms with Gasteiger partial charge in [0.2, 0.25) is 11.9 Å². The number of aromatic nitrogens is 3. The maximum atomic E-state index is 5.90. The van der Waals surface area contributed by atoms with Gasteiger partial charge >= 0.3 is 0 Å². The van der Waals surface area contributed by atoms with Gasteiger partial charge in [0.25, 0.3) is 0 Å². The summed E-state index contributed by atoms with van der Waals surface area (Å²) in [4.78, 5) is 14.6. The highest BCUT2D eigenvalue weighted by Crippen LogP contribution is 2.18. The Bertz CT molecular complexity index is 710. The highest BCUT2D eigenvalue weighted by atomic mass is 16.5. The summed E-state index contributed by atoms with van der Waals surface area (Å²) in [7, 11) is 0. The summed E-state index contributed by atoms with van der Waals surface area (Å²) in [6.07, 6.45) is 1.30. The van der Waals surface area contributed by atoms with E-state index in [1.807, 2.05) is 31.2 Å². The minimum absolute atomic E-state index is 0.251. The quantitative estimate of drug-likeness (QED) is 0.728. The molecule has 4 N–H and O–H groups in total. The summed E-state index contributed by atoms with van der Waals surface area (Å²) in [5.74, 6) is 3.77. The molecule has 0 saturated carbocycles. The van der Waals surface area contributed by atoms with E-state index in [9.17, 15) is 0 Å². The van der Waals surface area contributed by atoms with E-state index in [2.05, 4.69) is 34.1 Å². The van der Waals surface area contributed by atoms with Crippen molar-refractivity contribution in [3.8, 4) is 5.75 Å². The van der Waals surface area contributed by atoms with Crippen LogP contribution in [0.5, 0.6) is 5.75 Å². The molecule has 0 spiro atoms. The number of rotatable bonds is 6. The Kier molecular flexibility index (Phi) is 5.88. The van der Waals surface area contributed by atoms with Gasteiger partial charge in [0.15, 0.2) is 5.82 Å². The summed E-state index contributed by atoms with van der Waals surface area (Å²) < 4.78 is 5.46. The van der Waals surface area contributed by atoms with Crippen LogP contribution in [0.3, 0.4) is 0 Å². The Labute approximate surface area is 155 Å². The first kappa shape index (κ1) is 18.4. The van der Waals surface area contributed by atoms with Crippen molar-refractivity contribution in [2.24, 2.45) is 11.8 Å². The van der Waals surface area contributed by atoms with E-state index in [1.54, 1.807) is 0 Å². The van der Waals surface area contributed by atoms with Crippen molar-refractivity contribution in [2.45, 2.75) is 33.7 Å². The molecule has 26 heavy (non-hydrogen) atoms. The molecule has 2 heterocycles. The molecule has 2 atom stereocenters. The second kappa shape index (κ2) is 8.31. The van der Waals surface area contributed by atoms with E-state index < -0.39 is 0 Å². The summed E-state index contributed by atoms with van der Waals surface area (Å²) in [5.41, 5.74) is 6.79. The number of piperidine rings is 1. The normalized spacial score (nSPS) is 22.8. The van der Waals surface area contributed by atoms with Gasteiger partial charge in [-0.15, -0.1) is 0 Å². The third kappa shape index (κ3) is 5.05. The molecular weight excluding hydrogens is 328 g/mol. The highest BCUT2D eigenvalue weighted by Gasteiger charge is 2.26. The summed E-state index contributed by atoms with van der Waals surface area (Å²) in [6.45, 7) is 10.3. The second-order valence-electron chi connectivity index (χ2n) is 7.30.